The molecule has 0 radical (unpaired) electrons. The van der Waals surface area contributed by atoms with Crippen LogP contribution in [0, 0.1) is 11.8 Å². The average Bonchev–Trinajstić information content (AvgIpc) is 3.45. The topological polar surface area (TPSA) is 64.7 Å². The number of hydrogen-bond acceptors (Lipinski definition) is 5. The molecular formula is C31H40ClF3N4O2S. The molecule has 2 fully saturated rings. The van der Waals surface area contributed by atoms with Crippen LogP contribution in [0.4, 0.5) is 18.9 Å². The summed E-state index contributed by atoms with van der Waals surface area (Å²) in [4.78, 5) is 30.3. The Kier molecular flexibility index (Phi) is 11.1. The van der Waals surface area contributed by atoms with Crippen LogP contribution in [0.3, 0.4) is 0 Å². The normalized spacial score (nSPS) is 20.2. The van der Waals surface area contributed by atoms with Gasteiger partial charge >= 0.3 is 6.18 Å². The Hall–Kier alpha value is -2.43. The number of anilines is 1. The number of alkyl halides is 3. The van der Waals surface area contributed by atoms with Gasteiger partial charge in [-0.15, -0.1) is 0 Å². The fourth-order valence-electron chi connectivity index (χ4n) is 5.78. The third-order valence-electron chi connectivity index (χ3n) is 8.00. The first kappa shape index (κ1) is 32.5. The van der Waals surface area contributed by atoms with E-state index in [0.29, 0.717) is 55.4 Å². The van der Waals surface area contributed by atoms with Crippen LogP contribution in [0.25, 0.3) is 0 Å². The summed E-state index contributed by atoms with van der Waals surface area (Å²) < 4.78 is 41.4. The molecule has 3 atom stereocenters. The Balaban J connectivity index is 1.53. The molecule has 2 aromatic rings. The first-order chi connectivity index (χ1) is 20.0. The van der Waals surface area contributed by atoms with Crippen molar-refractivity contribution >= 4 is 40.9 Å². The van der Waals surface area contributed by atoms with Crippen LogP contribution in [-0.2, 0) is 15.8 Å². The van der Waals surface area contributed by atoms with Gasteiger partial charge in [-0.1, -0.05) is 37.6 Å². The Bertz CT molecular complexity index is 1220. The van der Waals surface area contributed by atoms with Crippen LogP contribution >= 0.6 is 23.4 Å². The molecule has 2 N–H and O–H groups in total. The summed E-state index contributed by atoms with van der Waals surface area (Å²) in [5, 5.41) is 6.60. The molecule has 0 aliphatic carbocycles. The predicted molar refractivity (Wildman–Crippen MR) is 164 cm³/mol. The highest BCUT2D eigenvalue weighted by atomic mass is 35.5. The Morgan fingerprint density at radius 3 is 2.36 bits per heavy atom. The zero-order valence-electron chi connectivity index (χ0n) is 24.3. The second-order valence-corrected chi connectivity index (χ2v) is 13.0. The van der Waals surface area contributed by atoms with E-state index in [-0.39, 0.29) is 36.0 Å². The molecule has 2 heterocycles. The molecule has 2 aliphatic rings. The van der Waals surface area contributed by atoms with Gasteiger partial charge in [-0.3, -0.25) is 9.59 Å². The van der Waals surface area contributed by atoms with Crippen molar-refractivity contribution in [2.75, 3.05) is 56.2 Å². The van der Waals surface area contributed by atoms with Crippen molar-refractivity contribution in [3.05, 3.63) is 64.2 Å². The lowest BCUT2D eigenvalue weighted by molar-refractivity contribution is -0.138. The number of nitrogens with zero attached hydrogens (tertiary/aromatic N) is 2. The Morgan fingerprint density at radius 2 is 1.74 bits per heavy atom. The lowest BCUT2D eigenvalue weighted by atomic mass is 9.88. The number of benzene rings is 2. The van der Waals surface area contributed by atoms with Gasteiger partial charge < -0.3 is 20.4 Å². The molecule has 0 unspecified atom stereocenters. The van der Waals surface area contributed by atoms with E-state index in [4.69, 9.17) is 11.6 Å². The van der Waals surface area contributed by atoms with Crippen molar-refractivity contribution in [3.8, 4) is 0 Å². The van der Waals surface area contributed by atoms with Crippen molar-refractivity contribution in [1.82, 2.24) is 15.5 Å². The fourth-order valence-corrected chi connectivity index (χ4v) is 7.35. The van der Waals surface area contributed by atoms with Gasteiger partial charge in [0.1, 0.15) is 0 Å². The van der Waals surface area contributed by atoms with Gasteiger partial charge in [0.05, 0.1) is 17.5 Å². The molecule has 2 aliphatic heterocycles. The van der Waals surface area contributed by atoms with E-state index in [1.165, 1.54) is 12.1 Å². The van der Waals surface area contributed by atoms with Crippen molar-refractivity contribution in [2.24, 2.45) is 11.8 Å². The number of carbonyl (C=O) groups is 2. The molecule has 0 aromatic heterocycles. The van der Waals surface area contributed by atoms with Crippen LogP contribution < -0.4 is 15.5 Å². The fraction of sp³-hybridized carbons (Fsp3) is 0.548. The predicted octanol–water partition coefficient (Wildman–Crippen LogP) is 5.97. The van der Waals surface area contributed by atoms with Gasteiger partial charge in [0.2, 0.25) is 11.8 Å². The van der Waals surface area contributed by atoms with Gasteiger partial charge in [0.15, 0.2) is 0 Å². The van der Waals surface area contributed by atoms with Gasteiger partial charge in [-0.25, -0.2) is 0 Å². The molecule has 230 valence electrons. The van der Waals surface area contributed by atoms with Gasteiger partial charge in [-0.05, 0) is 60.8 Å². The lowest BCUT2D eigenvalue weighted by Gasteiger charge is -2.39. The summed E-state index contributed by atoms with van der Waals surface area (Å²) in [6, 6.07) is 11.0. The highest BCUT2D eigenvalue weighted by Gasteiger charge is 2.38. The summed E-state index contributed by atoms with van der Waals surface area (Å²) in [5.41, 5.74) is 1.51. The van der Waals surface area contributed by atoms with E-state index in [1.54, 1.807) is 18.8 Å². The van der Waals surface area contributed by atoms with Gasteiger partial charge in [0, 0.05) is 67.3 Å². The molecule has 2 saturated heterocycles. The van der Waals surface area contributed by atoms with E-state index in [0.717, 1.165) is 23.1 Å². The molecule has 0 saturated carbocycles. The van der Waals surface area contributed by atoms with Crippen molar-refractivity contribution in [2.45, 2.75) is 44.8 Å². The number of carbonyl (C=O) groups excluding carboxylic acids is 2. The number of nitrogens with one attached hydrogen (secondary N) is 2. The molecule has 0 spiro atoms. The Morgan fingerprint density at radius 1 is 1.05 bits per heavy atom. The molecule has 2 aromatic carbocycles. The second kappa shape index (κ2) is 14.4. The van der Waals surface area contributed by atoms with Crippen molar-refractivity contribution in [1.29, 1.82) is 0 Å². The SMILES string of the molecule is CNCCC(=O)N[C@@H](CC(C)C)c1cc(C(F)(F)F)ccc1N1CCN(C(=O)[C@H]2CSC[C@@H]2c2ccc(Cl)cc2)CC1. The van der Waals surface area contributed by atoms with Crippen LogP contribution in [0.15, 0.2) is 42.5 Å². The summed E-state index contributed by atoms with van der Waals surface area (Å²) in [7, 11) is 1.75. The van der Waals surface area contributed by atoms with E-state index in [1.807, 2.05) is 47.9 Å². The lowest BCUT2D eigenvalue weighted by Crippen LogP contribution is -2.51. The minimum atomic E-state index is -4.50. The molecule has 11 heteroatoms. The molecule has 2 amide bonds. The minimum absolute atomic E-state index is 0.118. The van der Waals surface area contributed by atoms with E-state index >= 15 is 0 Å². The van der Waals surface area contributed by atoms with Crippen LogP contribution in [0.1, 0.15) is 55.3 Å². The average molecular weight is 625 g/mol. The maximum Gasteiger partial charge on any atom is 0.416 e. The highest BCUT2D eigenvalue weighted by molar-refractivity contribution is 7.99. The number of thioether (sulfide) groups is 1. The zero-order chi connectivity index (χ0) is 30.4. The number of amides is 2. The summed E-state index contributed by atoms with van der Waals surface area (Å²) >= 11 is 7.85. The molecular weight excluding hydrogens is 585 g/mol. The van der Waals surface area contributed by atoms with Crippen molar-refractivity contribution in [3.63, 3.8) is 0 Å². The van der Waals surface area contributed by atoms with Crippen LogP contribution in [0.2, 0.25) is 5.02 Å². The standard InChI is InChI=1S/C31H40ClF3N4O2S/c1-20(2)16-27(37-29(40)10-11-36-3)24-17-22(31(33,34)35)6-9-28(24)38-12-14-39(15-13-38)30(41)26-19-42-18-25(26)21-4-7-23(32)8-5-21/h4-9,17,20,25-27,36H,10-16,18-19H2,1-3H3,(H,37,40)/t25-,26+,27+/m1/s1. The molecule has 0 bridgehead atoms. The number of halogens is 4. The number of hydrogen-bond donors (Lipinski definition) is 2. The van der Waals surface area contributed by atoms with Gasteiger partial charge in [-0.2, -0.15) is 24.9 Å². The van der Waals surface area contributed by atoms with Crippen LogP contribution in [-0.4, -0.2) is 68.0 Å². The minimum Gasteiger partial charge on any atom is -0.368 e. The van der Waals surface area contributed by atoms with Crippen molar-refractivity contribution < 1.29 is 22.8 Å². The first-order valence-corrected chi connectivity index (χ1v) is 16.0. The molecule has 6 nitrogen and oxygen atoms in total. The summed E-state index contributed by atoms with van der Waals surface area (Å²) in [5.74, 6) is 1.72. The quantitative estimate of drug-likeness (QED) is 0.341. The molecule has 42 heavy (non-hydrogen) atoms. The molecule has 4 rings (SSSR count). The van der Waals surface area contributed by atoms with E-state index < -0.39 is 17.8 Å². The smallest absolute Gasteiger partial charge is 0.368 e. The third kappa shape index (κ3) is 8.14. The maximum absolute atomic E-state index is 13.8. The number of piperazine rings is 1. The van der Waals surface area contributed by atoms with Crippen LogP contribution in [0.5, 0.6) is 0 Å². The monoisotopic (exact) mass is 624 g/mol. The zero-order valence-corrected chi connectivity index (χ0v) is 25.9. The van der Waals surface area contributed by atoms with Gasteiger partial charge in [0.25, 0.3) is 0 Å². The summed E-state index contributed by atoms with van der Waals surface area (Å²) in [6.45, 7) is 6.42. The summed E-state index contributed by atoms with van der Waals surface area (Å²) in [6.07, 6.45) is -3.77. The highest BCUT2D eigenvalue weighted by Crippen LogP contribution is 2.40. The number of rotatable bonds is 10. The van der Waals surface area contributed by atoms with E-state index in [9.17, 15) is 22.8 Å². The van der Waals surface area contributed by atoms with E-state index in [2.05, 4.69) is 10.6 Å². The Labute approximate surface area is 255 Å². The third-order valence-corrected chi connectivity index (χ3v) is 9.44. The first-order valence-electron chi connectivity index (χ1n) is 14.5. The second-order valence-electron chi connectivity index (χ2n) is 11.5. The largest absolute Gasteiger partial charge is 0.416 e. The maximum atomic E-state index is 13.8.